The molecule has 0 radical (unpaired) electrons. The van der Waals surface area contributed by atoms with Gasteiger partial charge in [-0.25, -0.2) is 8.42 Å². The Morgan fingerprint density at radius 2 is 1.90 bits per heavy atom. The Kier molecular flexibility index (Phi) is 8.31. The Morgan fingerprint density at radius 1 is 1.10 bits per heavy atom. The zero-order valence-electron chi connectivity index (χ0n) is 17.6. The van der Waals surface area contributed by atoms with Crippen LogP contribution in [-0.2, 0) is 22.1 Å². The van der Waals surface area contributed by atoms with Crippen LogP contribution in [0, 0.1) is 6.92 Å². The first-order valence-corrected chi connectivity index (χ1v) is 12.8. The van der Waals surface area contributed by atoms with Crippen LogP contribution in [0.15, 0.2) is 77.3 Å². The topological polar surface area (TPSA) is 74.1 Å². The standard InChI is InChI=1S/C23H27N3O3S2/c1-3-14-26-22(18-31(27,28)21-12-5-4-6-13-21)24-25-23(26)30-16-8-7-15-29-20-11-9-10-19(2)17-20/h3-6,9-13,17H,1,7-8,14-16,18H2,2H3. The molecule has 0 saturated heterocycles. The van der Waals surface area contributed by atoms with Gasteiger partial charge in [-0.05, 0) is 49.6 Å². The number of unbranched alkanes of at least 4 members (excludes halogenated alkanes) is 1. The third-order valence-corrected chi connectivity index (χ3v) is 7.24. The molecule has 0 spiro atoms. The first kappa shape index (κ1) is 23.1. The molecule has 0 aliphatic rings. The molecule has 0 bridgehead atoms. The smallest absolute Gasteiger partial charge is 0.191 e. The second kappa shape index (κ2) is 11.2. The Hall–Kier alpha value is -2.58. The van der Waals surface area contributed by atoms with Gasteiger partial charge in [-0.15, -0.1) is 16.8 Å². The molecule has 3 aromatic rings. The summed E-state index contributed by atoms with van der Waals surface area (Å²) >= 11 is 1.57. The number of aromatic nitrogens is 3. The number of ether oxygens (including phenoxy) is 1. The monoisotopic (exact) mass is 457 g/mol. The van der Waals surface area contributed by atoms with E-state index in [0.29, 0.717) is 24.1 Å². The lowest BCUT2D eigenvalue weighted by molar-refractivity contribution is 0.309. The van der Waals surface area contributed by atoms with Gasteiger partial charge in [-0.2, -0.15) is 0 Å². The molecular formula is C23H27N3O3S2. The largest absolute Gasteiger partial charge is 0.494 e. The summed E-state index contributed by atoms with van der Waals surface area (Å²) in [6, 6.07) is 16.4. The highest BCUT2D eigenvalue weighted by molar-refractivity contribution is 7.99. The summed E-state index contributed by atoms with van der Waals surface area (Å²) < 4.78 is 33.0. The van der Waals surface area contributed by atoms with E-state index in [-0.39, 0.29) is 10.6 Å². The lowest BCUT2D eigenvalue weighted by Crippen LogP contribution is -2.11. The Bertz CT molecular complexity index is 1100. The molecule has 3 rings (SSSR count). The van der Waals surface area contributed by atoms with Crippen LogP contribution in [0.4, 0.5) is 0 Å². The van der Waals surface area contributed by atoms with Crippen molar-refractivity contribution in [3.63, 3.8) is 0 Å². The van der Waals surface area contributed by atoms with Crippen molar-refractivity contribution >= 4 is 21.6 Å². The zero-order chi connectivity index (χ0) is 22.1. The van der Waals surface area contributed by atoms with Crippen molar-refractivity contribution < 1.29 is 13.2 Å². The van der Waals surface area contributed by atoms with E-state index < -0.39 is 9.84 Å². The van der Waals surface area contributed by atoms with E-state index in [1.165, 1.54) is 5.56 Å². The molecule has 0 saturated carbocycles. The minimum Gasteiger partial charge on any atom is -0.494 e. The summed E-state index contributed by atoms with van der Waals surface area (Å²) in [5, 5.41) is 9.08. The average molecular weight is 458 g/mol. The molecule has 164 valence electrons. The molecule has 2 aromatic carbocycles. The van der Waals surface area contributed by atoms with Crippen LogP contribution in [0.1, 0.15) is 24.2 Å². The molecule has 0 N–H and O–H groups in total. The molecule has 8 heteroatoms. The van der Waals surface area contributed by atoms with Gasteiger partial charge in [0.15, 0.2) is 15.0 Å². The molecule has 1 aromatic heterocycles. The number of sulfone groups is 1. The highest BCUT2D eigenvalue weighted by atomic mass is 32.2. The van der Waals surface area contributed by atoms with Crippen LogP contribution in [-0.4, -0.2) is 35.5 Å². The molecule has 0 unspecified atom stereocenters. The van der Waals surface area contributed by atoms with E-state index in [4.69, 9.17) is 4.74 Å². The highest BCUT2D eigenvalue weighted by Crippen LogP contribution is 2.22. The van der Waals surface area contributed by atoms with Crippen LogP contribution in [0.3, 0.4) is 0 Å². The summed E-state index contributed by atoms with van der Waals surface area (Å²) in [5.74, 6) is 1.97. The lowest BCUT2D eigenvalue weighted by Gasteiger charge is -2.09. The predicted molar refractivity (Wildman–Crippen MR) is 124 cm³/mol. The van der Waals surface area contributed by atoms with Gasteiger partial charge in [-0.1, -0.05) is 48.2 Å². The number of hydrogen-bond acceptors (Lipinski definition) is 6. The number of nitrogens with zero attached hydrogens (tertiary/aromatic N) is 3. The summed E-state index contributed by atoms with van der Waals surface area (Å²) in [4.78, 5) is 0.283. The summed E-state index contributed by atoms with van der Waals surface area (Å²) in [6.45, 7) is 6.94. The van der Waals surface area contributed by atoms with E-state index in [1.54, 1.807) is 48.2 Å². The molecule has 6 nitrogen and oxygen atoms in total. The van der Waals surface area contributed by atoms with E-state index in [9.17, 15) is 8.42 Å². The fraction of sp³-hybridized carbons (Fsp3) is 0.304. The second-order valence-electron chi connectivity index (χ2n) is 7.09. The first-order valence-electron chi connectivity index (χ1n) is 10.1. The van der Waals surface area contributed by atoms with Crippen molar-refractivity contribution in [1.29, 1.82) is 0 Å². The zero-order valence-corrected chi connectivity index (χ0v) is 19.2. The maximum Gasteiger partial charge on any atom is 0.191 e. The number of rotatable bonds is 12. The number of benzene rings is 2. The molecular weight excluding hydrogens is 430 g/mol. The van der Waals surface area contributed by atoms with E-state index in [2.05, 4.69) is 16.8 Å². The molecule has 0 aliphatic carbocycles. The molecule has 0 fully saturated rings. The Morgan fingerprint density at radius 3 is 2.65 bits per heavy atom. The first-order chi connectivity index (χ1) is 15.0. The number of hydrogen-bond donors (Lipinski definition) is 0. The fourth-order valence-electron chi connectivity index (χ4n) is 2.99. The van der Waals surface area contributed by atoms with Crippen molar-refractivity contribution in [2.75, 3.05) is 12.4 Å². The van der Waals surface area contributed by atoms with E-state index in [0.717, 1.165) is 24.3 Å². The van der Waals surface area contributed by atoms with Crippen molar-refractivity contribution in [2.45, 2.75) is 42.1 Å². The van der Waals surface area contributed by atoms with Crippen LogP contribution in [0.5, 0.6) is 5.75 Å². The van der Waals surface area contributed by atoms with Gasteiger partial charge in [0, 0.05) is 12.3 Å². The van der Waals surface area contributed by atoms with Gasteiger partial charge in [0.1, 0.15) is 17.3 Å². The number of aryl methyl sites for hydroxylation is 1. The van der Waals surface area contributed by atoms with Crippen molar-refractivity contribution in [3.05, 3.63) is 78.6 Å². The second-order valence-corrected chi connectivity index (χ2v) is 10.1. The number of allylic oxidation sites excluding steroid dienone is 1. The van der Waals surface area contributed by atoms with Crippen LogP contribution in [0.2, 0.25) is 0 Å². The highest BCUT2D eigenvalue weighted by Gasteiger charge is 2.21. The average Bonchev–Trinajstić information content (AvgIpc) is 3.12. The molecule has 0 amide bonds. The van der Waals surface area contributed by atoms with Crippen molar-refractivity contribution in [3.8, 4) is 5.75 Å². The van der Waals surface area contributed by atoms with Gasteiger partial charge in [-0.3, -0.25) is 0 Å². The molecule has 0 aliphatic heterocycles. The summed E-state index contributed by atoms with van der Waals surface area (Å²) in [7, 11) is -3.49. The minimum atomic E-state index is -3.49. The SMILES string of the molecule is C=CCn1c(CS(=O)(=O)c2ccccc2)nnc1SCCCCOc1cccc(C)c1. The number of thioether (sulfide) groups is 1. The van der Waals surface area contributed by atoms with Gasteiger partial charge in [0.05, 0.1) is 11.5 Å². The Balaban J connectivity index is 1.53. The maximum absolute atomic E-state index is 12.7. The van der Waals surface area contributed by atoms with Crippen molar-refractivity contribution in [1.82, 2.24) is 14.8 Å². The van der Waals surface area contributed by atoms with Gasteiger partial charge < -0.3 is 9.30 Å². The molecule has 31 heavy (non-hydrogen) atoms. The lowest BCUT2D eigenvalue weighted by atomic mass is 10.2. The van der Waals surface area contributed by atoms with Crippen LogP contribution < -0.4 is 4.74 Å². The molecule has 1 heterocycles. The molecule has 0 atom stereocenters. The predicted octanol–water partition coefficient (Wildman–Crippen LogP) is 4.70. The van der Waals surface area contributed by atoms with Gasteiger partial charge in [0.25, 0.3) is 0 Å². The third-order valence-electron chi connectivity index (χ3n) is 4.55. The fourth-order valence-corrected chi connectivity index (χ4v) is 5.25. The van der Waals surface area contributed by atoms with Crippen LogP contribution in [0.25, 0.3) is 0 Å². The van der Waals surface area contributed by atoms with E-state index >= 15 is 0 Å². The van der Waals surface area contributed by atoms with Gasteiger partial charge in [0.2, 0.25) is 0 Å². The quantitative estimate of drug-likeness (QED) is 0.223. The summed E-state index contributed by atoms with van der Waals surface area (Å²) in [5.41, 5.74) is 1.18. The minimum absolute atomic E-state index is 0.192. The van der Waals surface area contributed by atoms with E-state index in [1.807, 2.05) is 35.8 Å². The third kappa shape index (κ3) is 6.70. The maximum atomic E-state index is 12.7. The summed E-state index contributed by atoms with van der Waals surface area (Å²) in [6.07, 6.45) is 3.60. The van der Waals surface area contributed by atoms with Crippen LogP contribution >= 0.6 is 11.8 Å². The van der Waals surface area contributed by atoms with Gasteiger partial charge >= 0.3 is 0 Å². The normalized spacial score (nSPS) is 11.4. The van der Waals surface area contributed by atoms with Crippen molar-refractivity contribution in [2.24, 2.45) is 0 Å². The Labute approximate surface area is 188 Å².